The summed E-state index contributed by atoms with van der Waals surface area (Å²) in [4.78, 5) is 3.91. The Morgan fingerprint density at radius 3 is 2.60 bits per heavy atom. The second-order valence-electron chi connectivity index (χ2n) is 3.95. The van der Waals surface area contributed by atoms with E-state index in [1.165, 1.54) is 12.3 Å². The summed E-state index contributed by atoms with van der Waals surface area (Å²) in [5, 5.41) is 0. The first-order valence-electron chi connectivity index (χ1n) is 5.68. The maximum Gasteiger partial charge on any atom is 0.244 e. The minimum atomic E-state index is -3.71. The molecule has 0 saturated carbocycles. The highest BCUT2D eigenvalue weighted by Gasteiger charge is 2.19. The molecule has 1 aromatic heterocycles. The molecule has 0 atom stereocenters. The molecule has 106 valence electrons. The Balaban J connectivity index is 2.24. The first-order valence-corrected chi connectivity index (χ1v) is 7.96. The number of anilines is 1. The normalized spacial score (nSPS) is 11.3. The summed E-state index contributed by atoms with van der Waals surface area (Å²) >= 11 is 3.19. The van der Waals surface area contributed by atoms with Crippen molar-refractivity contribution in [3.63, 3.8) is 0 Å². The van der Waals surface area contributed by atoms with Crippen LogP contribution in [-0.4, -0.2) is 13.4 Å². The minimum absolute atomic E-state index is 0.00898. The molecule has 0 aliphatic heterocycles. The van der Waals surface area contributed by atoms with Gasteiger partial charge >= 0.3 is 0 Å². The fourth-order valence-electron chi connectivity index (χ4n) is 1.59. The quantitative estimate of drug-likeness (QED) is 0.558. The van der Waals surface area contributed by atoms with Gasteiger partial charge in [0, 0.05) is 17.2 Å². The topological polar surface area (TPSA) is 97.1 Å². The van der Waals surface area contributed by atoms with E-state index in [2.05, 4.69) is 31.1 Å². The third kappa shape index (κ3) is 3.54. The second kappa shape index (κ2) is 6.31. The Hall–Kier alpha value is -1.48. The monoisotopic (exact) mass is 356 g/mol. The standard InChI is InChI=1S/C12H13BrN4O2S/c13-10-6-11(12(17-14)15-8-10)20(18,19)16-7-9-4-2-1-3-5-9/h1-6,8,16H,7,14H2,(H,15,17). The van der Waals surface area contributed by atoms with Crippen molar-refractivity contribution in [2.75, 3.05) is 5.43 Å². The molecule has 0 spiro atoms. The van der Waals surface area contributed by atoms with Crippen LogP contribution in [0.5, 0.6) is 0 Å². The fourth-order valence-corrected chi connectivity index (χ4v) is 3.23. The van der Waals surface area contributed by atoms with Crippen LogP contribution < -0.4 is 16.0 Å². The zero-order valence-corrected chi connectivity index (χ0v) is 12.8. The number of halogens is 1. The molecule has 0 unspecified atom stereocenters. The molecule has 1 aromatic carbocycles. The van der Waals surface area contributed by atoms with E-state index in [0.717, 1.165) is 5.56 Å². The van der Waals surface area contributed by atoms with Gasteiger partial charge in [-0.2, -0.15) is 0 Å². The van der Waals surface area contributed by atoms with Gasteiger partial charge in [-0.1, -0.05) is 30.3 Å². The zero-order chi connectivity index (χ0) is 14.6. The molecule has 0 aliphatic rings. The Morgan fingerprint density at radius 1 is 1.25 bits per heavy atom. The van der Waals surface area contributed by atoms with Crippen LogP contribution in [-0.2, 0) is 16.6 Å². The molecule has 0 aliphatic carbocycles. The van der Waals surface area contributed by atoms with Gasteiger partial charge in [-0.3, -0.25) is 0 Å². The van der Waals surface area contributed by atoms with Crippen molar-refractivity contribution in [1.82, 2.24) is 9.71 Å². The van der Waals surface area contributed by atoms with Crippen LogP contribution in [0.15, 0.2) is 52.0 Å². The lowest BCUT2D eigenvalue weighted by Gasteiger charge is -2.10. The number of hydrogen-bond donors (Lipinski definition) is 3. The Kier molecular flexibility index (Phi) is 4.71. The first kappa shape index (κ1) is 14.9. The third-order valence-electron chi connectivity index (χ3n) is 2.55. The van der Waals surface area contributed by atoms with Gasteiger partial charge in [-0.05, 0) is 27.6 Å². The molecule has 2 aromatic rings. The van der Waals surface area contributed by atoms with Crippen LogP contribution >= 0.6 is 15.9 Å². The number of pyridine rings is 1. The Bertz CT molecular complexity index is 692. The number of rotatable bonds is 5. The number of hydrazine groups is 1. The molecule has 8 heteroatoms. The van der Waals surface area contributed by atoms with E-state index in [1.54, 1.807) is 0 Å². The van der Waals surface area contributed by atoms with E-state index < -0.39 is 10.0 Å². The SMILES string of the molecule is NNc1ncc(Br)cc1S(=O)(=O)NCc1ccccc1. The van der Waals surface area contributed by atoms with Crippen molar-refractivity contribution < 1.29 is 8.42 Å². The number of nitrogens with zero attached hydrogens (tertiary/aromatic N) is 1. The van der Waals surface area contributed by atoms with Gasteiger partial charge in [-0.15, -0.1) is 0 Å². The average molecular weight is 357 g/mol. The van der Waals surface area contributed by atoms with Crippen molar-refractivity contribution >= 4 is 31.8 Å². The fraction of sp³-hybridized carbons (Fsp3) is 0.0833. The van der Waals surface area contributed by atoms with E-state index in [4.69, 9.17) is 5.84 Å². The van der Waals surface area contributed by atoms with Crippen LogP contribution in [0.4, 0.5) is 5.82 Å². The van der Waals surface area contributed by atoms with E-state index in [0.29, 0.717) is 4.47 Å². The maximum absolute atomic E-state index is 12.3. The molecule has 0 amide bonds. The summed E-state index contributed by atoms with van der Waals surface area (Å²) in [5.74, 6) is 5.38. The highest BCUT2D eigenvalue weighted by molar-refractivity contribution is 9.10. The van der Waals surface area contributed by atoms with Gasteiger partial charge in [0.25, 0.3) is 0 Å². The van der Waals surface area contributed by atoms with E-state index in [-0.39, 0.29) is 17.3 Å². The lowest BCUT2D eigenvalue weighted by atomic mass is 10.2. The van der Waals surface area contributed by atoms with Gasteiger partial charge in [-0.25, -0.2) is 24.0 Å². The maximum atomic E-state index is 12.3. The van der Waals surface area contributed by atoms with Gasteiger partial charge in [0.1, 0.15) is 4.90 Å². The number of hydrogen-bond acceptors (Lipinski definition) is 5. The van der Waals surface area contributed by atoms with Crippen molar-refractivity contribution in [3.8, 4) is 0 Å². The zero-order valence-electron chi connectivity index (χ0n) is 10.4. The van der Waals surface area contributed by atoms with Crippen LogP contribution in [0.1, 0.15) is 5.56 Å². The molecular formula is C12H13BrN4O2S. The highest BCUT2D eigenvalue weighted by Crippen LogP contribution is 2.22. The lowest BCUT2D eigenvalue weighted by Crippen LogP contribution is -2.25. The second-order valence-corrected chi connectivity index (χ2v) is 6.61. The predicted octanol–water partition coefficient (Wildman–Crippen LogP) is 1.61. The predicted molar refractivity (Wildman–Crippen MR) is 80.2 cm³/mol. The Morgan fingerprint density at radius 2 is 1.95 bits per heavy atom. The molecule has 20 heavy (non-hydrogen) atoms. The van der Waals surface area contributed by atoms with Crippen molar-refractivity contribution in [1.29, 1.82) is 0 Å². The highest BCUT2D eigenvalue weighted by atomic mass is 79.9. The summed E-state index contributed by atoms with van der Waals surface area (Å²) in [7, 11) is -3.71. The summed E-state index contributed by atoms with van der Waals surface area (Å²) in [6.45, 7) is 0.194. The van der Waals surface area contributed by atoms with Crippen LogP contribution in [0.2, 0.25) is 0 Å². The van der Waals surface area contributed by atoms with Crippen molar-refractivity contribution in [2.45, 2.75) is 11.4 Å². The number of nitrogens with one attached hydrogen (secondary N) is 2. The minimum Gasteiger partial charge on any atom is -0.307 e. The number of sulfonamides is 1. The van der Waals surface area contributed by atoms with Gasteiger partial charge in [0.15, 0.2) is 5.82 Å². The molecule has 0 radical (unpaired) electrons. The number of nitrogens with two attached hydrogens (primary N) is 1. The molecule has 0 bridgehead atoms. The third-order valence-corrected chi connectivity index (χ3v) is 4.40. The van der Waals surface area contributed by atoms with E-state index >= 15 is 0 Å². The summed E-state index contributed by atoms with van der Waals surface area (Å²) in [6.07, 6.45) is 1.46. The molecule has 1 heterocycles. The summed E-state index contributed by atoms with van der Waals surface area (Å²) in [5.41, 5.74) is 3.14. The van der Waals surface area contributed by atoms with Crippen molar-refractivity contribution in [3.05, 3.63) is 52.6 Å². The molecule has 0 saturated heterocycles. The number of nitrogen functional groups attached to an aromatic ring is 1. The van der Waals surface area contributed by atoms with E-state index in [1.807, 2.05) is 30.3 Å². The Labute approximate surface area is 125 Å². The molecular weight excluding hydrogens is 344 g/mol. The van der Waals surface area contributed by atoms with Crippen LogP contribution in [0, 0.1) is 0 Å². The average Bonchev–Trinajstić information content (AvgIpc) is 2.46. The smallest absolute Gasteiger partial charge is 0.244 e. The summed E-state index contributed by atoms with van der Waals surface area (Å²) < 4.78 is 27.6. The van der Waals surface area contributed by atoms with Gasteiger partial charge < -0.3 is 5.43 Å². The van der Waals surface area contributed by atoms with Crippen LogP contribution in [0.3, 0.4) is 0 Å². The molecule has 2 rings (SSSR count). The number of aromatic nitrogens is 1. The van der Waals surface area contributed by atoms with Gasteiger partial charge in [0.2, 0.25) is 10.0 Å². The lowest BCUT2D eigenvalue weighted by molar-refractivity contribution is 0.581. The van der Waals surface area contributed by atoms with Crippen LogP contribution in [0.25, 0.3) is 0 Å². The first-order chi connectivity index (χ1) is 9.53. The molecule has 6 nitrogen and oxygen atoms in total. The van der Waals surface area contributed by atoms with E-state index in [9.17, 15) is 8.42 Å². The molecule has 4 N–H and O–H groups in total. The summed E-state index contributed by atoms with van der Waals surface area (Å²) in [6, 6.07) is 10.7. The largest absolute Gasteiger partial charge is 0.307 e. The van der Waals surface area contributed by atoms with Gasteiger partial charge in [0.05, 0.1) is 0 Å². The van der Waals surface area contributed by atoms with Crippen molar-refractivity contribution in [2.24, 2.45) is 5.84 Å². The number of benzene rings is 1. The molecule has 0 fully saturated rings.